The summed E-state index contributed by atoms with van der Waals surface area (Å²) in [6, 6.07) is 4.53. The maximum absolute atomic E-state index is 12.6. The van der Waals surface area contributed by atoms with Crippen molar-refractivity contribution in [3.05, 3.63) is 45.7 Å². The number of nitrogens with one attached hydrogen (secondary N) is 1. The molecular weight excluding hydrogens is 239 g/mol. The van der Waals surface area contributed by atoms with Crippen LogP contribution in [0.15, 0.2) is 24.4 Å². The lowest BCUT2D eigenvalue weighted by Crippen LogP contribution is -2.10. The Morgan fingerprint density at radius 3 is 2.71 bits per heavy atom. The first-order valence-corrected chi connectivity index (χ1v) is 5.88. The zero-order chi connectivity index (χ0) is 12.4. The maximum Gasteiger partial charge on any atom is 0.265 e. The first kappa shape index (κ1) is 11.7. The smallest absolute Gasteiger partial charge is 0.265 e. The van der Waals surface area contributed by atoms with Gasteiger partial charge in [-0.15, -0.1) is 11.3 Å². The molecule has 0 radical (unpaired) electrons. The van der Waals surface area contributed by atoms with E-state index in [9.17, 15) is 9.18 Å². The summed E-state index contributed by atoms with van der Waals surface area (Å²) in [5.74, 6) is -0.759. The molecule has 0 aliphatic rings. The molecule has 0 atom stereocenters. The molecule has 0 saturated heterocycles. The van der Waals surface area contributed by atoms with E-state index in [1.165, 1.54) is 29.7 Å². The summed E-state index contributed by atoms with van der Waals surface area (Å²) in [5, 5.41) is 2.67. The van der Waals surface area contributed by atoms with E-state index in [1.807, 2.05) is 19.9 Å². The maximum atomic E-state index is 12.6. The molecule has 17 heavy (non-hydrogen) atoms. The van der Waals surface area contributed by atoms with Crippen LogP contribution in [0.1, 0.15) is 20.1 Å². The number of hydrogen-bond acceptors (Lipinski definition) is 3. The molecule has 2 heterocycles. The van der Waals surface area contributed by atoms with Gasteiger partial charge in [-0.25, -0.2) is 4.98 Å². The number of carbonyl (C=O) groups is 1. The minimum atomic E-state index is -0.564. The number of hydrogen-bond donors (Lipinski definition) is 1. The first-order valence-electron chi connectivity index (χ1n) is 5.06. The topological polar surface area (TPSA) is 42.0 Å². The van der Waals surface area contributed by atoms with Crippen LogP contribution in [0.2, 0.25) is 0 Å². The van der Waals surface area contributed by atoms with E-state index < -0.39 is 5.95 Å². The molecule has 5 heteroatoms. The van der Waals surface area contributed by atoms with E-state index in [4.69, 9.17) is 0 Å². The van der Waals surface area contributed by atoms with E-state index in [2.05, 4.69) is 10.3 Å². The van der Waals surface area contributed by atoms with Gasteiger partial charge in [0.05, 0.1) is 16.8 Å². The normalized spacial score (nSPS) is 10.3. The van der Waals surface area contributed by atoms with Crippen molar-refractivity contribution in [2.24, 2.45) is 0 Å². The SMILES string of the molecule is Cc1cc(C(=O)Nc2ccc(F)nc2)sc1C. The number of thiophene rings is 1. The van der Waals surface area contributed by atoms with Gasteiger partial charge in [0.15, 0.2) is 0 Å². The van der Waals surface area contributed by atoms with E-state index in [0.29, 0.717) is 10.6 Å². The van der Waals surface area contributed by atoms with Gasteiger partial charge in [0.1, 0.15) is 0 Å². The van der Waals surface area contributed by atoms with Crippen molar-refractivity contribution in [3.63, 3.8) is 0 Å². The standard InChI is InChI=1S/C12H11FN2OS/c1-7-5-10(17-8(7)2)12(16)15-9-3-4-11(13)14-6-9/h3-6H,1-2H3,(H,15,16). The average molecular weight is 250 g/mol. The van der Waals surface area contributed by atoms with E-state index in [0.717, 1.165) is 10.4 Å². The third-order valence-corrected chi connectivity index (χ3v) is 3.53. The predicted molar refractivity (Wildman–Crippen MR) is 65.9 cm³/mol. The van der Waals surface area contributed by atoms with Crippen molar-refractivity contribution in [1.29, 1.82) is 0 Å². The molecule has 0 unspecified atom stereocenters. The lowest BCUT2D eigenvalue weighted by Gasteiger charge is -2.01. The number of nitrogens with zero attached hydrogens (tertiary/aromatic N) is 1. The molecule has 1 N–H and O–H groups in total. The zero-order valence-electron chi connectivity index (χ0n) is 9.45. The number of rotatable bonds is 2. The van der Waals surface area contributed by atoms with Gasteiger partial charge in [-0.1, -0.05) is 0 Å². The molecular formula is C12H11FN2OS. The van der Waals surface area contributed by atoms with Gasteiger partial charge >= 0.3 is 0 Å². The summed E-state index contributed by atoms with van der Waals surface area (Å²) in [4.78, 5) is 17.1. The van der Waals surface area contributed by atoms with Crippen LogP contribution in [0.5, 0.6) is 0 Å². The molecule has 0 aliphatic carbocycles. The third-order valence-electron chi connectivity index (χ3n) is 2.38. The van der Waals surface area contributed by atoms with Gasteiger partial charge < -0.3 is 5.32 Å². The molecule has 2 aromatic rings. The fraction of sp³-hybridized carbons (Fsp3) is 0.167. The predicted octanol–water partition coefficient (Wildman–Crippen LogP) is 3.15. The van der Waals surface area contributed by atoms with Crippen molar-refractivity contribution in [1.82, 2.24) is 4.98 Å². The van der Waals surface area contributed by atoms with Crippen LogP contribution in [-0.4, -0.2) is 10.9 Å². The Kier molecular flexibility index (Phi) is 3.19. The molecule has 0 saturated carbocycles. The highest BCUT2D eigenvalue weighted by Gasteiger charge is 2.10. The molecule has 2 aromatic heterocycles. The van der Waals surface area contributed by atoms with Crippen LogP contribution < -0.4 is 5.32 Å². The molecule has 0 aromatic carbocycles. The summed E-state index contributed by atoms with van der Waals surface area (Å²) in [7, 11) is 0. The Morgan fingerprint density at radius 2 is 2.18 bits per heavy atom. The Balaban J connectivity index is 2.14. The third kappa shape index (κ3) is 2.68. The number of amides is 1. The van der Waals surface area contributed by atoms with Crippen molar-refractivity contribution in [2.75, 3.05) is 5.32 Å². The quantitative estimate of drug-likeness (QED) is 0.832. The molecule has 2 rings (SSSR count). The lowest BCUT2D eigenvalue weighted by atomic mass is 10.3. The van der Waals surface area contributed by atoms with Crippen molar-refractivity contribution in [2.45, 2.75) is 13.8 Å². The van der Waals surface area contributed by atoms with Crippen LogP contribution in [-0.2, 0) is 0 Å². The number of carbonyl (C=O) groups excluding carboxylic acids is 1. The second kappa shape index (κ2) is 4.63. The Bertz CT molecular complexity index is 529. The summed E-state index contributed by atoms with van der Waals surface area (Å²) < 4.78 is 12.6. The van der Waals surface area contributed by atoms with Gasteiger partial charge in [-0.05, 0) is 37.6 Å². The number of aryl methyl sites for hydroxylation is 2. The minimum Gasteiger partial charge on any atom is -0.320 e. The average Bonchev–Trinajstić information content (AvgIpc) is 2.63. The number of anilines is 1. The fourth-order valence-electron chi connectivity index (χ4n) is 1.33. The molecule has 0 spiro atoms. The Labute approximate surface area is 102 Å². The lowest BCUT2D eigenvalue weighted by molar-refractivity contribution is 0.103. The molecule has 0 bridgehead atoms. The number of halogens is 1. The van der Waals surface area contributed by atoms with Crippen LogP contribution >= 0.6 is 11.3 Å². The number of aromatic nitrogens is 1. The second-order valence-corrected chi connectivity index (χ2v) is 4.93. The largest absolute Gasteiger partial charge is 0.320 e. The van der Waals surface area contributed by atoms with Crippen LogP contribution in [0.3, 0.4) is 0 Å². The monoisotopic (exact) mass is 250 g/mol. The zero-order valence-corrected chi connectivity index (χ0v) is 10.3. The summed E-state index contributed by atoms with van der Waals surface area (Å²) in [5.41, 5.74) is 1.58. The van der Waals surface area contributed by atoms with Crippen molar-refractivity contribution < 1.29 is 9.18 Å². The molecule has 1 amide bonds. The second-order valence-electron chi connectivity index (χ2n) is 3.67. The van der Waals surface area contributed by atoms with Gasteiger partial charge in [-0.2, -0.15) is 4.39 Å². The van der Waals surface area contributed by atoms with Gasteiger partial charge in [-0.3, -0.25) is 4.79 Å². The van der Waals surface area contributed by atoms with Crippen LogP contribution in [0.4, 0.5) is 10.1 Å². The van der Waals surface area contributed by atoms with E-state index >= 15 is 0 Å². The molecule has 0 fully saturated rings. The first-order chi connectivity index (χ1) is 8.06. The van der Waals surface area contributed by atoms with Crippen LogP contribution in [0.25, 0.3) is 0 Å². The summed E-state index contributed by atoms with van der Waals surface area (Å²) >= 11 is 1.44. The van der Waals surface area contributed by atoms with Crippen molar-refractivity contribution >= 4 is 22.9 Å². The van der Waals surface area contributed by atoms with Crippen LogP contribution in [0, 0.1) is 19.8 Å². The highest BCUT2D eigenvalue weighted by molar-refractivity contribution is 7.14. The number of pyridine rings is 1. The summed E-state index contributed by atoms with van der Waals surface area (Å²) in [6.45, 7) is 3.93. The fourth-order valence-corrected chi connectivity index (χ4v) is 2.26. The van der Waals surface area contributed by atoms with Gasteiger partial charge in [0, 0.05) is 4.88 Å². The minimum absolute atomic E-state index is 0.195. The molecule has 3 nitrogen and oxygen atoms in total. The highest BCUT2D eigenvalue weighted by Crippen LogP contribution is 2.21. The van der Waals surface area contributed by atoms with Crippen molar-refractivity contribution in [3.8, 4) is 0 Å². The summed E-state index contributed by atoms with van der Waals surface area (Å²) in [6.07, 6.45) is 1.29. The Hall–Kier alpha value is -1.75. The van der Waals surface area contributed by atoms with E-state index in [1.54, 1.807) is 0 Å². The van der Waals surface area contributed by atoms with Gasteiger partial charge in [0.2, 0.25) is 5.95 Å². The van der Waals surface area contributed by atoms with Gasteiger partial charge in [0.25, 0.3) is 5.91 Å². The Morgan fingerprint density at radius 1 is 1.41 bits per heavy atom. The molecule has 0 aliphatic heterocycles. The molecule has 88 valence electrons. The highest BCUT2D eigenvalue weighted by atomic mass is 32.1. The van der Waals surface area contributed by atoms with E-state index in [-0.39, 0.29) is 5.91 Å².